The molecule has 1 aliphatic heterocycles. The minimum Gasteiger partial charge on any atom is -0.329 e. The average Bonchev–Trinajstić information content (AvgIpc) is 3.04. The van der Waals surface area contributed by atoms with Gasteiger partial charge in [0.25, 0.3) is 5.56 Å². The van der Waals surface area contributed by atoms with Gasteiger partial charge < -0.3 is 4.57 Å². The van der Waals surface area contributed by atoms with E-state index in [2.05, 4.69) is 43.8 Å². The molecule has 4 rings (SSSR count). The van der Waals surface area contributed by atoms with E-state index in [9.17, 15) is 4.79 Å². The third kappa shape index (κ3) is 3.39. The number of fused-ring (bicyclic) bond motifs is 1. The molecule has 0 saturated carbocycles. The lowest BCUT2D eigenvalue weighted by Crippen LogP contribution is -2.34. The second kappa shape index (κ2) is 6.64. The fourth-order valence-corrected chi connectivity index (χ4v) is 3.30. The van der Waals surface area contributed by atoms with Crippen LogP contribution in [0, 0.1) is 0 Å². The molecular weight excluding hydrogens is 314 g/mol. The maximum atomic E-state index is 11.8. The van der Waals surface area contributed by atoms with Crippen molar-refractivity contribution in [2.24, 2.45) is 7.05 Å². The topological polar surface area (TPSA) is 56.0 Å². The Balaban J connectivity index is 1.49. The van der Waals surface area contributed by atoms with Gasteiger partial charge in [-0.3, -0.25) is 9.69 Å². The summed E-state index contributed by atoms with van der Waals surface area (Å²) in [4.78, 5) is 18.7. The van der Waals surface area contributed by atoms with Crippen molar-refractivity contribution in [3.8, 4) is 0 Å². The molecule has 6 heteroatoms. The highest BCUT2D eigenvalue weighted by molar-refractivity contribution is 5.21. The highest BCUT2D eigenvalue weighted by Crippen LogP contribution is 2.17. The molecule has 0 bridgehead atoms. The molecule has 1 aliphatic rings. The monoisotopic (exact) mass is 335 g/mol. The van der Waals surface area contributed by atoms with Crippen LogP contribution in [0.4, 0.5) is 0 Å². The van der Waals surface area contributed by atoms with Gasteiger partial charge in [0.1, 0.15) is 5.82 Å². The van der Waals surface area contributed by atoms with E-state index in [0.717, 1.165) is 49.7 Å². The first-order valence-electron chi connectivity index (χ1n) is 8.51. The number of aromatic nitrogens is 4. The molecular formula is C19H21N5O. The van der Waals surface area contributed by atoms with Crippen LogP contribution in [0.1, 0.15) is 22.6 Å². The first-order valence-corrected chi connectivity index (χ1v) is 8.51. The zero-order chi connectivity index (χ0) is 17.2. The largest absolute Gasteiger partial charge is 0.329 e. The van der Waals surface area contributed by atoms with E-state index in [1.807, 2.05) is 18.5 Å². The van der Waals surface area contributed by atoms with Crippen LogP contribution < -0.4 is 5.56 Å². The summed E-state index contributed by atoms with van der Waals surface area (Å²) in [5, 5.41) is 4.37. The Labute approximate surface area is 146 Å². The molecule has 0 radical (unpaired) electrons. The summed E-state index contributed by atoms with van der Waals surface area (Å²) < 4.78 is 3.61. The lowest BCUT2D eigenvalue weighted by Gasteiger charge is -2.27. The number of hydrogen-bond donors (Lipinski definition) is 0. The molecule has 0 amide bonds. The smallest absolute Gasteiger partial charge is 0.266 e. The van der Waals surface area contributed by atoms with Crippen LogP contribution in [0.2, 0.25) is 0 Å². The van der Waals surface area contributed by atoms with Gasteiger partial charge in [0.05, 0.1) is 12.2 Å². The number of hydrogen-bond acceptors (Lipinski definition) is 4. The van der Waals surface area contributed by atoms with Gasteiger partial charge >= 0.3 is 0 Å². The van der Waals surface area contributed by atoms with Gasteiger partial charge in [0.15, 0.2) is 0 Å². The van der Waals surface area contributed by atoms with Crippen molar-refractivity contribution >= 4 is 0 Å². The highest BCUT2D eigenvalue weighted by Gasteiger charge is 2.20. The number of nitrogens with zero attached hydrogens (tertiary/aromatic N) is 5. The minimum absolute atomic E-state index is 0.0498. The molecule has 0 fully saturated rings. The fourth-order valence-electron chi connectivity index (χ4n) is 3.30. The lowest BCUT2D eigenvalue weighted by atomic mass is 10.1. The van der Waals surface area contributed by atoms with Gasteiger partial charge in [0.2, 0.25) is 0 Å². The molecule has 0 atom stereocenters. The van der Waals surface area contributed by atoms with Crippen molar-refractivity contribution < 1.29 is 0 Å². The normalized spacial score (nSPS) is 14.4. The number of benzene rings is 1. The van der Waals surface area contributed by atoms with E-state index in [1.165, 1.54) is 10.2 Å². The van der Waals surface area contributed by atoms with Crippen LogP contribution in [-0.4, -0.2) is 30.8 Å². The van der Waals surface area contributed by atoms with Gasteiger partial charge in [-0.15, -0.1) is 0 Å². The van der Waals surface area contributed by atoms with Gasteiger partial charge in [-0.2, -0.15) is 5.10 Å². The Morgan fingerprint density at radius 1 is 1.16 bits per heavy atom. The van der Waals surface area contributed by atoms with Crippen LogP contribution >= 0.6 is 0 Å². The SMILES string of the molecule is Cn1nc2c(cc1=O)CN(Cc1nccn1Cc1ccccc1)CC2. The molecule has 0 saturated heterocycles. The molecule has 3 aromatic rings. The van der Waals surface area contributed by atoms with Crippen molar-refractivity contribution in [1.82, 2.24) is 24.2 Å². The van der Waals surface area contributed by atoms with Crippen molar-refractivity contribution in [2.45, 2.75) is 26.1 Å². The Morgan fingerprint density at radius 3 is 2.84 bits per heavy atom. The van der Waals surface area contributed by atoms with Crippen molar-refractivity contribution in [3.63, 3.8) is 0 Å². The molecule has 128 valence electrons. The minimum atomic E-state index is -0.0498. The zero-order valence-corrected chi connectivity index (χ0v) is 14.3. The molecule has 1 aromatic carbocycles. The Morgan fingerprint density at radius 2 is 2.00 bits per heavy atom. The summed E-state index contributed by atoms with van der Waals surface area (Å²) in [5.74, 6) is 1.05. The summed E-state index contributed by atoms with van der Waals surface area (Å²) in [6.07, 6.45) is 4.74. The van der Waals surface area contributed by atoms with E-state index in [-0.39, 0.29) is 5.56 Å². The third-order valence-corrected chi connectivity index (χ3v) is 4.68. The third-order valence-electron chi connectivity index (χ3n) is 4.68. The summed E-state index contributed by atoms with van der Waals surface area (Å²) in [6.45, 7) is 3.27. The Hall–Kier alpha value is -2.73. The Bertz CT molecular complexity index is 928. The first-order chi connectivity index (χ1) is 12.2. The van der Waals surface area contributed by atoms with Crippen LogP contribution in [0.25, 0.3) is 0 Å². The zero-order valence-electron chi connectivity index (χ0n) is 14.3. The molecule has 6 nitrogen and oxygen atoms in total. The molecule has 25 heavy (non-hydrogen) atoms. The predicted molar refractivity (Wildman–Crippen MR) is 95.1 cm³/mol. The predicted octanol–water partition coefficient (Wildman–Crippen LogP) is 1.58. The standard InChI is InChI=1S/C19H21N5O/c1-22-19(25)11-16-13-23(9-7-17(16)21-22)14-18-20-8-10-24(18)12-15-5-3-2-4-6-15/h2-6,8,10-11H,7,9,12-14H2,1H3. The van der Waals surface area contributed by atoms with Gasteiger partial charge in [-0.05, 0) is 11.1 Å². The van der Waals surface area contributed by atoms with E-state index >= 15 is 0 Å². The molecule has 2 aromatic heterocycles. The molecule has 0 unspecified atom stereocenters. The van der Waals surface area contributed by atoms with E-state index < -0.39 is 0 Å². The quantitative estimate of drug-likeness (QED) is 0.726. The molecule has 3 heterocycles. The molecule has 0 aliphatic carbocycles. The van der Waals surface area contributed by atoms with Crippen molar-refractivity contribution in [3.05, 3.63) is 81.8 Å². The summed E-state index contributed by atoms with van der Waals surface area (Å²) >= 11 is 0. The maximum Gasteiger partial charge on any atom is 0.266 e. The highest BCUT2D eigenvalue weighted by atomic mass is 16.1. The summed E-state index contributed by atoms with van der Waals surface area (Å²) in [5.41, 5.74) is 3.28. The van der Waals surface area contributed by atoms with Gasteiger partial charge in [-0.1, -0.05) is 30.3 Å². The Kier molecular flexibility index (Phi) is 4.19. The van der Waals surface area contributed by atoms with Crippen molar-refractivity contribution in [1.29, 1.82) is 0 Å². The van der Waals surface area contributed by atoms with Gasteiger partial charge in [0, 0.05) is 51.6 Å². The fraction of sp³-hybridized carbons (Fsp3) is 0.316. The van der Waals surface area contributed by atoms with Crippen LogP contribution in [0.3, 0.4) is 0 Å². The average molecular weight is 335 g/mol. The van der Waals surface area contributed by atoms with E-state index in [1.54, 1.807) is 13.1 Å². The maximum absolute atomic E-state index is 11.8. The van der Waals surface area contributed by atoms with Gasteiger partial charge in [-0.25, -0.2) is 9.67 Å². The number of rotatable bonds is 4. The number of imidazole rings is 1. The van der Waals surface area contributed by atoms with Crippen LogP contribution in [0.15, 0.2) is 53.6 Å². The van der Waals surface area contributed by atoms with Crippen molar-refractivity contribution in [2.75, 3.05) is 6.54 Å². The molecule has 0 N–H and O–H groups in total. The summed E-state index contributed by atoms with van der Waals surface area (Å²) in [6, 6.07) is 12.1. The van der Waals surface area contributed by atoms with E-state index in [4.69, 9.17) is 0 Å². The lowest BCUT2D eigenvalue weighted by molar-refractivity contribution is 0.232. The van der Waals surface area contributed by atoms with Crippen LogP contribution in [-0.2, 0) is 33.1 Å². The number of aryl methyl sites for hydroxylation is 1. The second-order valence-corrected chi connectivity index (χ2v) is 6.50. The van der Waals surface area contributed by atoms with E-state index in [0.29, 0.717) is 0 Å². The second-order valence-electron chi connectivity index (χ2n) is 6.50. The summed E-state index contributed by atoms with van der Waals surface area (Å²) in [7, 11) is 1.70. The first kappa shape index (κ1) is 15.8. The van der Waals surface area contributed by atoms with Crippen LogP contribution in [0.5, 0.6) is 0 Å². The molecule has 0 spiro atoms.